The summed E-state index contributed by atoms with van der Waals surface area (Å²) >= 11 is 0. The minimum absolute atomic E-state index is 0.0258. The topological polar surface area (TPSA) is 54.3 Å². The van der Waals surface area contributed by atoms with Crippen molar-refractivity contribution in [2.24, 2.45) is 7.05 Å². The van der Waals surface area contributed by atoms with Gasteiger partial charge in [-0.15, -0.1) is 0 Å². The summed E-state index contributed by atoms with van der Waals surface area (Å²) in [5.41, 5.74) is 1.75. The summed E-state index contributed by atoms with van der Waals surface area (Å²) < 4.78 is 29.8. The van der Waals surface area contributed by atoms with Crippen molar-refractivity contribution >= 4 is 20.9 Å². The smallest absolute Gasteiger partial charge is 0.245 e. The highest BCUT2D eigenvalue weighted by molar-refractivity contribution is 7.89. The van der Waals surface area contributed by atoms with E-state index < -0.39 is 10.0 Å². The Morgan fingerprint density at radius 1 is 1.29 bits per heavy atom. The summed E-state index contributed by atoms with van der Waals surface area (Å²) in [6, 6.07) is 7.65. The van der Waals surface area contributed by atoms with E-state index in [0.717, 1.165) is 16.6 Å². The highest BCUT2D eigenvalue weighted by atomic mass is 32.2. The van der Waals surface area contributed by atoms with E-state index in [1.807, 2.05) is 49.7 Å². The third kappa shape index (κ3) is 2.18. The Hall–Kier alpha value is -1.37. The molecule has 21 heavy (non-hydrogen) atoms. The molecule has 1 aromatic heterocycles. The van der Waals surface area contributed by atoms with Crippen LogP contribution in [0.5, 0.6) is 0 Å². The molecule has 1 aliphatic heterocycles. The van der Waals surface area contributed by atoms with Crippen LogP contribution < -0.4 is 5.32 Å². The fourth-order valence-electron chi connectivity index (χ4n) is 3.11. The number of nitrogens with zero attached hydrogens (tertiary/aromatic N) is 2. The van der Waals surface area contributed by atoms with Gasteiger partial charge in [0.1, 0.15) is 4.90 Å². The van der Waals surface area contributed by atoms with Crippen molar-refractivity contribution in [3.8, 4) is 0 Å². The van der Waals surface area contributed by atoms with Crippen LogP contribution in [0, 0.1) is 6.92 Å². The van der Waals surface area contributed by atoms with Crippen LogP contribution in [0.4, 0.5) is 0 Å². The normalized spacial score (nSPS) is 21.0. The monoisotopic (exact) mass is 307 g/mol. The Morgan fingerprint density at radius 2 is 2.00 bits per heavy atom. The molecule has 114 valence electrons. The average Bonchev–Trinajstić information content (AvgIpc) is 2.72. The molecule has 5 nitrogen and oxygen atoms in total. The zero-order valence-corrected chi connectivity index (χ0v) is 13.4. The molecule has 1 aliphatic rings. The maximum Gasteiger partial charge on any atom is 0.245 e. The average molecular weight is 307 g/mol. The lowest BCUT2D eigenvalue weighted by atomic mass is 10.2. The summed E-state index contributed by atoms with van der Waals surface area (Å²) in [5, 5.41) is 4.04. The predicted octanol–water partition coefficient (Wildman–Crippen LogP) is 1.47. The van der Waals surface area contributed by atoms with Crippen molar-refractivity contribution in [1.29, 1.82) is 0 Å². The summed E-state index contributed by atoms with van der Waals surface area (Å²) in [7, 11) is -1.56. The lowest BCUT2D eigenvalue weighted by Gasteiger charge is -2.32. The Kier molecular flexibility index (Phi) is 3.55. The van der Waals surface area contributed by atoms with Crippen LogP contribution in [-0.2, 0) is 17.1 Å². The molecule has 0 unspecified atom stereocenters. The molecule has 3 rings (SSSR count). The lowest BCUT2D eigenvalue weighted by molar-refractivity contribution is 0.284. The molecule has 0 saturated carbocycles. The van der Waals surface area contributed by atoms with Crippen molar-refractivity contribution in [2.45, 2.75) is 24.8 Å². The van der Waals surface area contributed by atoms with Crippen molar-refractivity contribution in [2.75, 3.05) is 19.6 Å². The molecule has 0 bridgehead atoms. The van der Waals surface area contributed by atoms with Gasteiger partial charge in [0.2, 0.25) is 10.0 Å². The largest absolute Gasteiger partial charge is 0.347 e. The summed E-state index contributed by atoms with van der Waals surface area (Å²) in [4.78, 5) is 0.453. The first kappa shape index (κ1) is 14.6. The SMILES string of the molecule is Cc1c(S(=O)(=O)N2CCNC[C@H]2C)c2ccccc2n1C. The molecule has 1 atom stereocenters. The molecule has 1 aromatic carbocycles. The van der Waals surface area contributed by atoms with E-state index in [1.165, 1.54) is 0 Å². The van der Waals surface area contributed by atoms with Crippen LogP contribution in [0.25, 0.3) is 10.9 Å². The first-order chi connectivity index (χ1) is 9.94. The first-order valence-corrected chi connectivity index (χ1v) is 8.65. The number of hydrogen-bond acceptors (Lipinski definition) is 3. The molecule has 1 N–H and O–H groups in total. The molecule has 6 heteroatoms. The number of sulfonamides is 1. The van der Waals surface area contributed by atoms with E-state index in [9.17, 15) is 8.42 Å². The van der Waals surface area contributed by atoms with E-state index in [1.54, 1.807) is 4.31 Å². The van der Waals surface area contributed by atoms with Gasteiger partial charge in [0, 0.05) is 49.3 Å². The van der Waals surface area contributed by atoms with Crippen molar-refractivity contribution < 1.29 is 8.42 Å². The second-order valence-electron chi connectivity index (χ2n) is 5.66. The summed E-state index contributed by atoms with van der Waals surface area (Å²) in [5.74, 6) is 0. The van der Waals surface area contributed by atoms with Crippen molar-refractivity contribution in [3.63, 3.8) is 0 Å². The minimum Gasteiger partial charge on any atom is -0.347 e. The minimum atomic E-state index is -3.48. The number of aromatic nitrogens is 1. The predicted molar refractivity (Wildman–Crippen MR) is 83.9 cm³/mol. The number of aryl methyl sites for hydroxylation is 1. The van der Waals surface area contributed by atoms with E-state index in [0.29, 0.717) is 24.5 Å². The van der Waals surface area contributed by atoms with Gasteiger partial charge < -0.3 is 9.88 Å². The zero-order chi connectivity index (χ0) is 15.2. The molecule has 0 radical (unpaired) electrons. The number of hydrogen-bond donors (Lipinski definition) is 1. The van der Waals surface area contributed by atoms with Crippen LogP contribution in [0.1, 0.15) is 12.6 Å². The second-order valence-corrected chi connectivity index (χ2v) is 7.49. The van der Waals surface area contributed by atoms with Gasteiger partial charge in [-0.1, -0.05) is 18.2 Å². The Morgan fingerprint density at radius 3 is 2.71 bits per heavy atom. The number of nitrogens with one attached hydrogen (secondary N) is 1. The molecule has 1 fully saturated rings. The molecular weight excluding hydrogens is 286 g/mol. The summed E-state index contributed by atoms with van der Waals surface area (Å²) in [6.07, 6.45) is 0. The van der Waals surface area contributed by atoms with Crippen LogP contribution in [0.2, 0.25) is 0 Å². The molecule has 0 aliphatic carbocycles. The lowest BCUT2D eigenvalue weighted by Crippen LogP contribution is -2.52. The van der Waals surface area contributed by atoms with Gasteiger partial charge in [-0.3, -0.25) is 0 Å². The summed E-state index contributed by atoms with van der Waals surface area (Å²) in [6.45, 7) is 5.74. The van der Waals surface area contributed by atoms with E-state index >= 15 is 0 Å². The third-order valence-electron chi connectivity index (χ3n) is 4.35. The van der Waals surface area contributed by atoms with Gasteiger partial charge in [-0.05, 0) is 19.9 Å². The van der Waals surface area contributed by atoms with Crippen LogP contribution in [0.15, 0.2) is 29.2 Å². The first-order valence-electron chi connectivity index (χ1n) is 7.21. The fraction of sp³-hybridized carbons (Fsp3) is 0.467. The van der Waals surface area contributed by atoms with Gasteiger partial charge in [0.15, 0.2) is 0 Å². The number of para-hydroxylation sites is 1. The van der Waals surface area contributed by atoms with Gasteiger partial charge in [0.05, 0.1) is 0 Å². The molecule has 0 spiro atoms. The van der Waals surface area contributed by atoms with E-state index in [4.69, 9.17) is 0 Å². The number of fused-ring (bicyclic) bond motifs is 1. The van der Waals surface area contributed by atoms with Gasteiger partial charge in [0.25, 0.3) is 0 Å². The van der Waals surface area contributed by atoms with Gasteiger partial charge in [-0.25, -0.2) is 8.42 Å². The molecule has 0 amide bonds. The van der Waals surface area contributed by atoms with Crippen LogP contribution >= 0.6 is 0 Å². The van der Waals surface area contributed by atoms with E-state index in [-0.39, 0.29) is 6.04 Å². The number of piperazine rings is 1. The maximum atomic E-state index is 13.1. The van der Waals surface area contributed by atoms with Crippen LogP contribution in [-0.4, -0.2) is 43.0 Å². The quantitative estimate of drug-likeness (QED) is 0.914. The Labute approximate surface area is 125 Å². The highest BCUT2D eigenvalue weighted by Crippen LogP contribution is 2.32. The number of rotatable bonds is 2. The maximum absolute atomic E-state index is 13.1. The van der Waals surface area contributed by atoms with Gasteiger partial charge in [-0.2, -0.15) is 4.31 Å². The van der Waals surface area contributed by atoms with Gasteiger partial charge >= 0.3 is 0 Å². The van der Waals surface area contributed by atoms with Crippen LogP contribution in [0.3, 0.4) is 0 Å². The number of benzene rings is 1. The standard InChI is InChI=1S/C15H21N3O2S/c1-11-10-16-8-9-18(11)21(19,20)15-12(2)17(3)14-7-5-4-6-13(14)15/h4-7,11,16H,8-10H2,1-3H3/t11-/m1/s1. The Bertz CT molecular complexity index is 780. The second kappa shape index (κ2) is 5.12. The molecule has 2 heterocycles. The van der Waals surface area contributed by atoms with Crippen molar-refractivity contribution in [1.82, 2.24) is 14.2 Å². The third-order valence-corrected chi connectivity index (χ3v) is 6.54. The highest BCUT2D eigenvalue weighted by Gasteiger charge is 2.34. The Balaban J connectivity index is 2.22. The molecular formula is C15H21N3O2S. The molecule has 1 saturated heterocycles. The zero-order valence-electron chi connectivity index (χ0n) is 12.6. The van der Waals surface area contributed by atoms with Crippen molar-refractivity contribution in [3.05, 3.63) is 30.0 Å². The van der Waals surface area contributed by atoms with E-state index in [2.05, 4.69) is 5.32 Å². The molecule has 2 aromatic rings. The fourth-order valence-corrected chi connectivity index (χ4v) is 5.18.